The van der Waals surface area contributed by atoms with E-state index in [0.717, 1.165) is 32.1 Å². The maximum absolute atomic E-state index is 5.57. The van der Waals surface area contributed by atoms with Gasteiger partial charge in [0.25, 0.3) is 0 Å². The molecule has 0 radical (unpaired) electrons. The highest BCUT2D eigenvalue weighted by atomic mass is 16.5. The molecule has 1 atom stereocenters. The third-order valence-electron chi connectivity index (χ3n) is 3.20. The first-order valence-corrected chi connectivity index (χ1v) is 7.00. The summed E-state index contributed by atoms with van der Waals surface area (Å²) < 4.78 is 5.57. The lowest BCUT2D eigenvalue weighted by molar-refractivity contribution is 0.0529. The first-order chi connectivity index (χ1) is 8.94. The number of nitrogens with one attached hydrogen (secondary N) is 1. The molecular weight excluding hydrogens is 238 g/mol. The summed E-state index contributed by atoms with van der Waals surface area (Å²) in [6, 6.07) is 4.25. The molecule has 4 nitrogen and oxygen atoms in total. The fourth-order valence-corrected chi connectivity index (χ4v) is 2.14. The Morgan fingerprint density at radius 1 is 1.47 bits per heavy atom. The molecule has 106 valence electrons. The Morgan fingerprint density at radius 2 is 2.26 bits per heavy atom. The van der Waals surface area contributed by atoms with Crippen molar-refractivity contribution in [3.63, 3.8) is 0 Å². The van der Waals surface area contributed by atoms with Gasteiger partial charge in [0.1, 0.15) is 5.82 Å². The molecule has 1 N–H and O–H groups in total. The molecule has 1 aromatic heterocycles. The van der Waals surface area contributed by atoms with Gasteiger partial charge in [-0.1, -0.05) is 0 Å². The molecule has 2 heterocycles. The lowest BCUT2D eigenvalue weighted by Crippen LogP contribution is -2.41. The minimum atomic E-state index is 0.136. The van der Waals surface area contributed by atoms with Gasteiger partial charge in [-0.05, 0) is 45.4 Å². The molecule has 19 heavy (non-hydrogen) atoms. The fraction of sp³-hybridized carbons (Fsp3) is 0.667. The van der Waals surface area contributed by atoms with Crippen molar-refractivity contribution in [1.29, 1.82) is 0 Å². The standard InChI is InChI=1S/C15H25N3O/c1-12-11-18(7-8-19-12)14-9-13(5-6-16-14)10-17-15(2,3)4/h5-6,9,12,17H,7-8,10-11H2,1-4H3. The summed E-state index contributed by atoms with van der Waals surface area (Å²) in [6.07, 6.45) is 2.18. The lowest BCUT2D eigenvalue weighted by atomic mass is 10.1. The van der Waals surface area contributed by atoms with Gasteiger partial charge < -0.3 is 15.0 Å². The Balaban J connectivity index is 2.02. The van der Waals surface area contributed by atoms with Gasteiger partial charge in [-0.25, -0.2) is 4.98 Å². The van der Waals surface area contributed by atoms with E-state index < -0.39 is 0 Å². The van der Waals surface area contributed by atoms with E-state index >= 15 is 0 Å². The Labute approximate surface area is 116 Å². The zero-order valence-corrected chi connectivity index (χ0v) is 12.4. The SMILES string of the molecule is CC1CN(c2cc(CNC(C)(C)C)ccn2)CCO1. The van der Waals surface area contributed by atoms with Crippen molar-refractivity contribution < 1.29 is 4.74 Å². The zero-order chi connectivity index (χ0) is 13.9. The van der Waals surface area contributed by atoms with Gasteiger partial charge in [0.05, 0.1) is 12.7 Å². The monoisotopic (exact) mass is 263 g/mol. The third-order valence-corrected chi connectivity index (χ3v) is 3.20. The number of rotatable bonds is 3. The van der Waals surface area contributed by atoms with Crippen LogP contribution in [-0.2, 0) is 11.3 Å². The second-order valence-corrected chi connectivity index (χ2v) is 6.25. The minimum Gasteiger partial charge on any atom is -0.375 e. The van der Waals surface area contributed by atoms with Gasteiger partial charge in [0.15, 0.2) is 0 Å². The molecule has 0 amide bonds. The second kappa shape index (κ2) is 5.88. The van der Waals surface area contributed by atoms with Crippen molar-refractivity contribution in [3.8, 4) is 0 Å². The first kappa shape index (κ1) is 14.3. The molecule has 1 aliphatic heterocycles. The number of hydrogen-bond acceptors (Lipinski definition) is 4. The minimum absolute atomic E-state index is 0.136. The van der Waals surface area contributed by atoms with Crippen molar-refractivity contribution in [1.82, 2.24) is 10.3 Å². The molecule has 0 bridgehead atoms. The van der Waals surface area contributed by atoms with E-state index in [1.807, 2.05) is 6.20 Å². The highest BCUT2D eigenvalue weighted by Crippen LogP contribution is 2.16. The van der Waals surface area contributed by atoms with Crippen LogP contribution in [0.2, 0.25) is 0 Å². The average molecular weight is 263 g/mol. The number of hydrogen-bond donors (Lipinski definition) is 1. The maximum Gasteiger partial charge on any atom is 0.128 e. The fourth-order valence-electron chi connectivity index (χ4n) is 2.14. The Kier molecular flexibility index (Phi) is 4.42. The summed E-state index contributed by atoms with van der Waals surface area (Å²) in [5.74, 6) is 1.06. The average Bonchev–Trinajstić information content (AvgIpc) is 2.36. The number of ether oxygens (including phenoxy) is 1. The van der Waals surface area contributed by atoms with Gasteiger partial charge in [-0.15, -0.1) is 0 Å². The number of nitrogens with zero attached hydrogens (tertiary/aromatic N) is 2. The van der Waals surface area contributed by atoms with Gasteiger partial charge >= 0.3 is 0 Å². The van der Waals surface area contributed by atoms with Crippen LogP contribution in [0, 0.1) is 0 Å². The molecule has 1 fully saturated rings. The Hall–Kier alpha value is -1.13. The van der Waals surface area contributed by atoms with E-state index in [0.29, 0.717) is 0 Å². The Morgan fingerprint density at radius 3 is 2.95 bits per heavy atom. The summed E-state index contributed by atoms with van der Waals surface area (Å²) >= 11 is 0. The summed E-state index contributed by atoms with van der Waals surface area (Å²) in [5.41, 5.74) is 1.41. The lowest BCUT2D eigenvalue weighted by Gasteiger charge is -2.32. The van der Waals surface area contributed by atoms with Crippen LogP contribution < -0.4 is 10.2 Å². The topological polar surface area (TPSA) is 37.4 Å². The van der Waals surface area contributed by atoms with Crippen molar-refractivity contribution >= 4 is 5.82 Å². The van der Waals surface area contributed by atoms with Crippen LogP contribution >= 0.6 is 0 Å². The van der Waals surface area contributed by atoms with Crippen LogP contribution in [0.25, 0.3) is 0 Å². The van der Waals surface area contributed by atoms with Crippen molar-refractivity contribution in [2.75, 3.05) is 24.6 Å². The van der Waals surface area contributed by atoms with Crippen LogP contribution in [0.1, 0.15) is 33.3 Å². The number of aromatic nitrogens is 1. The highest BCUT2D eigenvalue weighted by Gasteiger charge is 2.18. The molecule has 4 heteroatoms. The van der Waals surface area contributed by atoms with Gasteiger partial charge in [-0.2, -0.15) is 0 Å². The maximum atomic E-state index is 5.57. The highest BCUT2D eigenvalue weighted by molar-refractivity contribution is 5.41. The summed E-state index contributed by atoms with van der Waals surface area (Å²) in [5, 5.41) is 3.51. The van der Waals surface area contributed by atoms with Crippen molar-refractivity contribution in [2.24, 2.45) is 0 Å². The summed E-state index contributed by atoms with van der Waals surface area (Å²) in [4.78, 5) is 6.78. The van der Waals surface area contributed by atoms with E-state index in [-0.39, 0.29) is 11.6 Å². The van der Waals surface area contributed by atoms with Crippen molar-refractivity contribution in [3.05, 3.63) is 23.9 Å². The molecule has 1 aliphatic rings. The van der Waals surface area contributed by atoms with E-state index in [2.05, 4.69) is 55.0 Å². The smallest absolute Gasteiger partial charge is 0.128 e. The number of morpholine rings is 1. The molecular formula is C15H25N3O. The summed E-state index contributed by atoms with van der Waals surface area (Å²) in [7, 11) is 0. The third kappa shape index (κ3) is 4.48. The van der Waals surface area contributed by atoms with Crippen molar-refractivity contribution in [2.45, 2.75) is 45.9 Å². The van der Waals surface area contributed by atoms with Gasteiger partial charge in [0.2, 0.25) is 0 Å². The molecule has 0 saturated carbocycles. The van der Waals surface area contributed by atoms with Crippen LogP contribution in [0.5, 0.6) is 0 Å². The van der Waals surface area contributed by atoms with E-state index in [9.17, 15) is 0 Å². The predicted octanol–water partition coefficient (Wildman–Crippen LogP) is 2.19. The number of anilines is 1. The molecule has 1 aromatic rings. The van der Waals surface area contributed by atoms with Crippen LogP contribution in [0.3, 0.4) is 0 Å². The number of pyridine rings is 1. The van der Waals surface area contributed by atoms with Gasteiger partial charge in [-0.3, -0.25) is 0 Å². The molecule has 0 spiro atoms. The van der Waals surface area contributed by atoms with Gasteiger partial charge in [0, 0.05) is 31.4 Å². The quantitative estimate of drug-likeness (QED) is 0.907. The molecule has 0 aromatic carbocycles. The van der Waals surface area contributed by atoms with Crippen LogP contribution in [-0.4, -0.2) is 36.3 Å². The zero-order valence-electron chi connectivity index (χ0n) is 12.4. The molecule has 1 saturated heterocycles. The predicted molar refractivity (Wildman–Crippen MR) is 78.5 cm³/mol. The molecule has 0 aliphatic carbocycles. The Bertz CT molecular complexity index is 414. The normalized spacial score (nSPS) is 20.6. The second-order valence-electron chi connectivity index (χ2n) is 6.25. The first-order valence-electron chi connectivity index (χ1n) is 7.00. The van der Waals surface area contributed by atoms with E-state index in [1.54, 1.807) is 0 Å². The van der Waals surface area contributed by atoms with Crippen LogP contribution in [0.15, 0.2) is 18.3 Å². The van der Waals surface area contributed by atoms with Crippen LogP contribution in [0.4, 0.5) is 5.82 Å². The van der Waals surface area contributed by atoms with E-state index in [1.165, 1.54) is 5.56 Å². The largest absolute Gasteiger partial charge is 0.375 e. The molecule has 2 rings (SSSR count). The summed E-state index contributed by atoms with van der Waals surface area (Å²) in [6.45, 7) is 12.1. The van der Waals surface area contributed by atoms with E-state index in [4.69, 9.17) is 4.74 Å². The molecule has 1 unspecified atom stereocenters.